The molecule has 3 rings (SSSR count). The van der Waals surface area contributed by atoms with Crippen LogP contribution in [0.1, 0.15) is 12.5 Å². The predicted molar refractivity (Wildman–Crippen MR) is 111 cm³/mol. The molecule has 0 spiro atoms. The van der Waals surface area contributed by atoms with Crippen molar-refractivity contribution >= 4 is 23.3 Å². The van der Waals surface area contributed by atoms with Crippen LogP contribution in [0.5, 0.6) is 0 Å². The van der Waals surface area contributed by atoms with Gasteiger partial charge in [-0.2, -0.15) is 0 Å². The Morgan fingerprint density at radius 1 is 1.25 bits per heavy atom. The highest BCUT2D eigenvalue weighted by molar-refractivity contribution is 6.30. The minimum Gasteiger partial charge on any atom is -0.379 e. The molecule has 1 fully saturated rings. The molecule has 2 heterocycles. The number of carbonyl (C=O) groups excluding carboxylic acids is 1. The van der Waals surface area contributed by atoms with E-state index in [1.165, 1.54) is 11.8 Å². The first-order valence-corrected chi connectivity index (χ1v) is 9.97. The van der Waals surface area contributed by atoms with E-state index in [-0.39, 0.29) is 11.9 Å². The van der Waals surface area contributed by atoms with Crippen LogP contribution in [0.25, 0.3) is 0 Å². The fraction of sp³-hybridized carbons (Fsp3) is 0.429. The molecule has 1 aliphatic heterocycles. The summed E-state index contributed by atoms with van der Waals surface area (Å²) in [6.45, 7) is 7.50. The highest BCUT2D eigenvalue weighted by atomic mass is 35.5. The lowest BCUT2D eigenvalue weighted by molar-refractivity contribution is -0.118. The minimum atomic E-state index is -0.0837. The third kappa shape index (κ3) is 6.56. The van der Waals surface area contributed by atoms with E-state index in [1.54, 1.807) is 12.1 Å². The van der Waals surface area contributed by atoms with Crippen LogP contribution >= 0.6 is 11.6 Å². The van der Waals surface area contributed by atoms with Crippen LogP contribution in [0, 0.1) is 0 Å². The Balaban J connectivity index is 1.63. The third-order valence-corrected chi connectivity index (χ3v) is 5.04. The van der Waals surface area contributed by atoms with Gasteiger partial charge in [0.2, 0.25) is 5.91 Å². The van der Waals surface area contributed by atoms with E-state index in [2.05, 4.69) is 39.2 Å². The molecule has 150 valence electrons. The Hall–Kier alpha value is -1.99. The Kier molecular flexibility index (Phi) is 7.80. The fourth-order valence-electron chi connectivity index (χ4n) is 3.27. The Morgan fingerprint density at radius 2 is 2.00 bits per heavy atom. The summed E-state index contributed by atoms with van der Waals surface area (Å²) in [5, 5.41) is 3.40. The van der Waals surface area contributed by atoms with Gasteiger partial charge >= 0.3 is 0 Å². The summed E-state index contributed by atoms with van der Waals surface area (Å²) in [6.07, 6.45) is 1.53. The van der Waals surface area contributed by atoms with Crippen molar-refractivity contribution in [3.63, 3.8) is 0 Å². The van der Waals surface area contributed by atoms with Crippen LogP contribution in [0.3, 0.4) is 0 Å². The Labute approximate surface area is 171 Å². The maximum atomic E-state index is 12.6. The van der Waals surface area contributed by atoms with Crippen LogP contribution in [-0.2, 0) is 16.1 Å². The molecular weight excluding hydrogens is 376 g/mol. The molecule has 6 nitrogen and oxygen atoms in total. The van der Waals surface area contributed by atoms with Gasteiger partial charge in [0.25, 0.3) is 0 Å². The van der Waals surface area contributed by atoms with E-state index < -0.39 is 0 Å². The molecule has 0 bridgehead atoms. The van der Waals surface area contributed by atoms with E-state index in [0.717, 1.165) is 32.8 Å². The molecule has 0 radical (unpaired) electrons. The number of rotatable bonds is 8. The second-order valence-corrected chi connectivity index (χ2v) is 7.50. The van der Waals surface area contributed by atoms with Gasteiger partial charge in [-0.3, -0.25) is 14.6 Å². The number of nitrogens with zero attached hydrogens (tertiary/aromatic N) is 3. The number of carbonyl (C=O) groups is 1. The highest BCUT2D eigenvalue weighted by Crippen LogP contribution is 2.13. The molecule has 1 saturated heterocycles. The molecule has 1 amide bonds. The van der Waals surface area contributed by atoms with Gasteiger partial charge in [-0.25, -0.2) is 4.98 Å². The smallest absolute Gasteiger partial charge is 0.239 e. The maximum Gasteiger partial charge on any atom is 0.239 e. The molecule has 7 heteroatoms. The molecule has 1 aromatic heterocycles. The number of hydrogen-bond acceptors (Lipinski definition) is 5. The number of anilines is 1. The van der Waals surface area contributed by atoms with Crippen LogP contribution < -0.4 is 5.32 Å². The lowest BCUT2D eigenvalue weighted by Gasteiger charge is -2.34. The molecule has 1 unspecified atom stereocenters. The Bertz CT molecular complexity index is 736. The van der Waals surface area contributed by atoms with Gasteiger partial charge < -0.3 is 10.1 Å². The van der Waals surface area contributed by atoms with Gasteiger partial charge in [-0.1, -0.05) is 41.9 Å². The highest BCUT2D eigenvalue weighted by Gasteiger charge is 2.21. The fourth-order valence-corrected chi connectivity index (χ4v) is 3.39. The van der Waals surface area contributed by atoms with Crippen molar-refractivity contribution in [3.8, 4) is 0 Å². The largest absolute Gasteiger partial charge is 0.379 e. The maximum absolute atomic E-state index is 12.6. The summed E-state index contributed by atoms with van der Waals surface area (Å²) in [7, 11) is 0. The Morgan fingerprint density at radius 3 is 2.68 bits per heavy atom. The molecule has 1 aromatic carbocycles. The second-order valence-electron chi connectivity index (χ2n) is 7.06. The van der Waals surface area contributed by atoms with Crippen LogP contribution in [0.15, 0.2) is 48.7 Å². The number of benzene rings is 1. The van der Waals surface area contributed by atoms with E-state index in [1.807, 2.05) is 18.2 Å². The van der Waals surface area contributed by atoms with Crippen molar-refractivity contribution in [2.24, 2.45) is 0 Å². The van der Waals surface area contributed by atoms with Crippen molar-refractivity contribution in [1.82, 2.24) is 14.8 Å². The summed E-state index contributed by atoms with van der Waals surface area (Å²) in [5.41, 5.74) is 1.19. The van der Waals surface area contributed by atoms with Gasteiger partial charge in [0.15, 0.2) is 0 Å². The molecule has 1 N–H and O–H groups in total. The first kappa shape index (κ1) is 20.7. The van der Waals surface area contributed by atoms with Crippen molar-refractivity contribution in [3.05, 3.63) is 59.2 Å². The molecule has 0 aliphatic carbocycles. The van der Waals surface area contributed by atoms with Crippen molar-refractivity contribution in [2.75, 3.05) is 44.7 Å². The average molecular weight is 403 g/mol. The molecule has 28 heavy (non-hydrogen) atoms. The predicted octanol–water partition coefficient (Wildman–Crippen LogP) is 2.90. The zero-order valence-corrected chi connectivity index (χ0v) is 16.9. The van der Waals surface area contributed by atoms with Gasteiger partial charge in [-0.05, 0) is 24.6 Å². The van der Waals surface area contributed by atoms with Gasteiger partial charge in [0.05, 0.1) is 24.8 Å². The third-order valence-electron chi connectivity index (χ3n) is 4.82. The van der Waals surface area contributed by atoms with Crippen molar-refractivity contribution in [2.45, 2.75) is 19.5 Å². The summed E-state index contributed by atoms with van der Waals surface area (Å²) in [5.74, 6) is 0.425. The molecule has 0 saturated carbocycles. The number of halogens is 1. The number of hydrogen-bond donors (Lipinski definition) is 1. The number of aromatic nitrogens is 1. The van der Waals surface area contributed by atoms with E-state index >= 15 is 0 Å². The summed E-state index contributed by atoms with van der Waals surface area (Å²) in [6, 6.07) is 13.9. The first-order chi connectivity index (χ1) is 13.6. The van der Waals surface area contributed by atoms with Crippen molar-refractivity contribution in [1.29, 1.82) is 0 Å². The molecule has 1 atom stereocenters. The summed E-state index contributed by atoms with van der Waals surface area (Å²) in [4.78, 5) is 21.4. The lowest BCUT2D eigenvalue weighted by Crippen LogP contribution is -2.47. The molecule has 1 aliphatic rings. The number of nitrogens with one attached hydrogen (secondary N) is 1. The number of morpholine rings is 1. The van der Waals surface area contributed by atoms with Gasteiger partial charge in [0.1, 0.15) is 5.82 Å². The van der Waals surface area contributed by atoms with Crippen molar-refractivity contribution < 1.29 is 9.53 Å². The quantitative estimate of drug-likeness (QED) is 0.735. The van der Waals surface area contributed by atoms with E-state index in [4.69, 9.17) is 16.3 Å². The second kappa shape index (κ2) is 10.5. The summed E-state index contributed by atoms with van der Waals surface area (Å²) < 4.78 is 5.44. The van der Waals surface area contributed by atoms with E-state index in [9.17, 15) is 4.79 Å². The number of pyridine rings is 1. The number of amides is 1. The average Bonchev–Trinajstić information content (AvgIpc) is 2.71. The zero-order chi connectivity index (χ0) is 19.8. The van der Waals surface area contributed by atoms with Gasteiger partial charge in [-0.15, -0.1) is 0 Å². The standard InChI is InChI=1S/C21H27ClN4O2/c1-17(14-25-9-11-28-12-10-25)26(15-18-5-3-2-4-6-18)16-21(27)24-20-8-7-19(22)13-23-20/h2-8,13,17H,9-12,14-16H2,1H3,(H,23,24,27). The SMILES string of the molecule is CC(CN1CCOCC1)N(CC(=O)Nc1ccc(Cl)cn1)Cc1ccccc1. The summed E-state index contributed by atoms with van der Waals surface area (Å²) >= 11 is 5.86. The van der Waals surface area contributed by atoms with Crippen LogP contribution in [0.4, 0.5) is 5.82 Å². The van der Waals surface area contributed by atoms with Crippen LogP contribution in [-0.4, -0.2) is 66.1 Å². The normalized spacial score (nSPS) is 16.1. The lowest BCUT2D eigenvalue weighted by atomic mass is 10.1. The first-order valence-electron chi connectivity index (χ1n) is 9.59. The van der Waals surface area contributed by atoms with E-state index in [0.29, 0.717) is 23.9 Å². The monoisotopic (exact) mass is 402 g/mol. The molecule has 2 aromatic rings. The van der Waals surface area contributed by atoms with Gasteiger partial charge in [0, 0.05) is 38.4 Å². The zero-order valence-electron chi connectivity index (χ0n) is 16.2. The molecular formula is C21H27ClN4O2. The minimum absolute atomic E-state index is 0.0837. The number of ether oxygens (including phenoxy) is 1. The topological polar surface area (TPSA) is 57.7 Å². The van der Waals surface area contributed by atoms with Crippen LogP contribution in [0.2, 0.25) is 5.02 Å².